The number of hydrogen-bond donors (Lipinski definition) is 2. The highest BCUT2D eigenvalue weighted by Crippen LogP contribution is 2.26. The summed E-state index contributed by atoms with van der Waals surface area (Å²) in [5.74, 6) is 0. The Bertz CT molecular complexity index is 585. The second-order valence-electron chi connectivity index (χ2n) is 5.09. The Balaban J connectivity index is 2.11. The molecule has 0 aliphatic rings. The molecule has 0 aliphatic carbocycles. The van der Waals surface area contributed by atoms with Crippen LogP contribution in [-0.4, -0.2) is 13.6 Å². The summed E-state index contributed by atoms with van der Waals surface area (Å²) >= 11 is 0. The number of nitrogens with zero attached hydrogens (tertiary/aromatic N) is 1. The minimum atomic E-state index is 0.937. The van der Waals surface area contributed by atoms with Crippen molar-refractivity contribution in [3.63, 3.8) is 0 Å². The number of hydrogen-bond acceptors (Lipinski definition) is 3. The minimum Gasteiger partial charge on any atom is -0.385 e. The van der Waals surface area contributed by atoms with Crippen LogP contribution in [0.25, 0.3) is 0 Å². The van der Waals surface area contributed by atoms with Gasteiger partial charge in [0, 0.05) is 42.0 Å². The van der Waals surface area contributed by atoms with Gasteiger partial charge in [0.25, 0.3) is 0 Å². The van der Waals surface area contributed by atoms with Crippen molar-refractivity contribution in [1.29, 1.82) is 0 Å². The topological polar surface area (TPSA) is 27.3 Å². The van der Waals surface area contributed by atoms with Crippen LogP contribution in [0.2, 0.25) is 0 Å². The molecule has 0 aliphatic heterocycles. The minimum absolute atomic E-state index is 0.937. The highest BCUT2D eigenvalue weighted by molar-refractivity contribution is 5.66. The largest absolute Gasteiger partial charge is 0.385 e. The van der Waals surface area contributed by atoms with Crippen molar-refractivity contribution < 1.29 is 0 Å². The predicted molar refractivity (Wildman–Crippen MR) is 93.5 cm³/mol. The second-order valence-corrected chi connectivity index (χ2v) is 5.09. The fourth-order valence-electron chi connectivity index (χ4n) is 2.17. The number of nitrogens with one attached hydrogen (secondary N) is 2. The molecule has 2 aromatic rings. The zero-order valence-corrected chi connectivity index (χ0v) is 13.0. The van der Waals surface area contributed by atoms with Crippen LogP contribution in [0.15, 0.2) is 60.8 Å². The van der Waals surface area contributed by atoms with Gasteiger partial charge < -0.3 is 15.5 Å². The van der Waals surface area contributed by atoms with Gasteiger partial charge in [-0.3, -0.25) is 0 Å². The van der Waals surface area contributed by atoms with Crippen LogP contribution >= 0.6 is 0 Å². The van der Waals surface area contributed by atoms with E-state index in [1.165, 1.54) is 0 Å². The Morgan fingerprint density at radius 1 is 0.952 bits per heavy atom. The van der Waals surface area contributed by atoms with E-state index in [2.05, 4.69) is 84.6 Å². The van der Waals surface area contributed by atoms with E-state index in [9.17, 15) is 0 Å². The molecule has 0 bridgehead atoms. The maximum absolute atomic E-state index is 3.85. The maximum Gasteiger partial charge on any atom is 0.0409 e. The van der Waals surface area contributed by atoms with E-state index >= 15 is 0 Å². The molecule has 2 rings (SSSR count). The first kappa shape index (κ1) is 15.0. The molecule has 0 heterocycles. The smallest absolute Gasteiger partial charge is 0.0409 e. The van der Waals surface area contributed by atoms with E-state index in [-0.39, 0.29) is 0 Å². The van der Waals surface area contributed by atoms with Gasteiger partial charge in [-0.1, -0.05) is 6.58 Å². The molecule has 2 aromatic carbocycles. The number of benzene rings is 2. The molecule has 0 amide bonds. The standard InChI is InChI=1S/C18H23N3/c1-5-19-15-6-10-17(11-7-15)21(4)18-12-8-16(9-13-18)20-14(2)3/h6-13,19-20H,2,5H2,1,3-4H3. The van der Waals surface area contributed by atoms with E-state index in [1.54, 1.807) is 0 Å². The first-order valence-electron chi connectivity index (χ1n) is 7.20. The maximum atomic E-state index is 3.85. The third-order valence-electron chi connectivity index (χ3n) is 3.25. The zero-order chi connectivity index (χ0) is 15.2. The first-order chi connectivity index (χ1) is 10.1. The van der Waals surface area contributed by atoms with Gasteiger partial charge in [0.2, 0.25) is 0 Å². The lowest BCUT2D eigenvalue weighted by atomic mass is 10.2. The molecule has 21 heavy (non-hydrogen) atoms. The SMILES string of the molecule is C=C(C)Nc1ccc(N(C)c2ccc(NCC)cc2)cc1. The van der Waals surface area contributed by atoms with Crippen molar-refractivity contribution in [2.24, 2.45) is 0 Å². The molecule has 0 unspecified atom stereocenters. The van der Waals surface area contributed by atoms with Crippen LogP contribution in [0.4, 0.5) is 22.7 Å². The van der Waals surface area contributed by atoms with Crippen molar-refractivity contribution in [3.05, 3.63) is 60.8 Å². The van der Waals surface area contributed by atoms with Crippen LogP contribution < -0.4 is 15.5 Å². The molecule has 0 aromatic heterocycles. The quantitative estimate of drug-likeness (QED) is 0.794. The van der Waals surface area contributed by atoms with E-state index in [1.807, 2.05) is 6.92 Å². The van der Waals surface area contributed by atoms with E-state index in [4.69, 9.17) is 0 Å². The fraction of sp³-hybridized carbons (Fsp3) is 0.222. The van der Waals surface area contributed by atoms with Gasteiger partial charge in [0.15, 0.2) is 0 Å². The second kappa shape index (κ2) is 6.84. The summed E-state index contributed by atoms with van der Waals surface area (Å²) in [5.41, 5.74) is 5.46. The summed E-state index contributed by atoms with van der Waals surface area (Å²) in [5, 5.41) is 6.51. The Morgan fingerprint density at radius 3 is 1.86 bits per heavy atom. The lowest BCUT2D eigenvalue weighted by molar-refractivity contribution is 1.19. The lowest BCUT2D eigenvalue weighted by Crippen LogP contribution is -2.09. The van der Waals surface area contributed by atoms with Gasteiger partial charge in [0.05, 0.1) is 0 Å². The third kappa shape index (κ3) is 4.02. The van der Waals surface area contributed by atoms with Crippen molar-refractivity contribution in [3.8, 4) is 0 Å². The van der Waals surface area contributed by atoms with Crippen LogP contribution in [0.5, 0.6) is 0 Å². The average molecular weight is 281 g/mol. The van der Waals surface area contributed by atoms with E-state index < -0.39 is 0 Å². The van der Waals surface area contributed by atoms with Gasteiger partial charge in [-0.25, -0.2) is 0 Å². The molecule has 3 nitrogen and oxygen atoms in total. The van der Waals surface area contributed by atoms with Gasteiger partial charge in [0.1, 0.15) is 0 Å². The Hall–Kier alpha value is -2.42. The number of anilines is 4. The molecule has 3 heteroatoms. The van der Waals surface area contributed by atoms with E-state index in [0.717, 1.165) is 35.0 Å². The molecule has 0 saturated carbocycles. The lowest BCUT2D eigenvalue weighted by Gasteiger charge is -2.20. The summed E-state index contributed by atoms with van der Waals surface area (Å²) in [6.07, 6.45) is 0. The van der Waals surface area contributed by atoms with Crippen molar-refractivity contribution >= 4 is 22.7 Å². The summed E-state index contributed by atoms with van der Waals surface area (Å²) in [6, 6.07) is 16.8. The van der Waals surface area contributed by atoms with Gasteiger partial charge in [-0.05, 0) is 62.4 Å². The van der Waals surface area contributed by atoms with Gasteiger partial charge in [-0.15, -0.1) is 0 Å². The predicted octanol–water partition coefficient (Wildman–Crippen LogP) is 4.83. The van der Waals surface area contributed by atoms with Crippen LogP contribution in [0, 0.1) is 0 Å². The Morgan fingerprint density at radius 2 is 1.43 bits per heavy atom. The van der Waals surface area contributed by atoms with Crippen LogP contribution in [0.1, 0.15) is 13.8 Å². The molecule has 0 fully saturated rings. The van der Waals surface area contributed by atoms with Gasteiger partial charge in [-0.2, -0.15) is 0 Å². The van der Waals surface area contributed by atoms with Crippen molar-refractivity contribution in [2.75, 3.05) is 29.1 Å². The molecular weight excluding hydrogens is 258 g/mol. The van der Waals surface area contributed by atoms with Crippen LogP contribution in [-0.2, 0) is 0 Å². The molecule has 2 N–H and O–H groups in total. The van der Waals surface area contributed by atoms with Gasteiger partial charge >= 0.3 is 0 Å². The summed E-state index contributed by atoms with van der Waals surface area (Å²) in [4.78, 5) is 2.17. The molecule has 0 saturated heterocycles. The number of rotatable bonds is 6. The monoisotopic (exact) mass is 281 g/mol. The number of allylic oxidation sites excluding steroid dienone is 1. The Labute approximate surface area is 127 Å². The molecule has 0 spiro atoms. The van der Waals surface area contributed by atoms with Crippen LogP contribution in [0.3, 0.4) is 0 Å². The normalized spacial score (nSPS) is 10.0. The fourth-order valence-corrected chi connectivity index (χ4v) is 2.17. The summed E-state index contributed by atoms with van der Waals surface area (Å²) in [6.45, 7) is 8.84. The molecule has 110 valence electrons. The Kier molecular flexibility index (Phi) is 4.88. The molecule has 0 radical (unpaired) electrons. The average Bonchev–Trinajstić information content (AvgIpc) is 2.48. The zero-order valence-electron chi connectivity index (χ0n) is 13.0. The summed E-state index contributed by atoms with van der Waals surface area (Å²) in [7, 11) is 2.07. The molecule has 0 atom stereocenters. The highest BCUT2D eigenvalue weighted by Gasteiger charge is 2.04. The van der Waals surface area contributed by atoms with Crippen molar-refractivity contribution in [2.45, 2.75) is 13.8 Å². The summed E-state index contributed by atoms with van der Waals surface area (Å²) < 4.78 is 0. The first-order valence-corrected chi connectivity index (χ1v) is 7.20. The van der Waals surface area contributed by atoms with E-state index in [0.29, 0.717) is 0 Å². The highest BCUT2D eigenvalue weighted by atomic mass is 15.1. The third-order valence-corrected chi connectivity index (χ3v) is 3.25. The van der Waals surface area contributed by atoms with Crippen molar-refractivity contribution in [1.82, 2.24) is 0 Å². The molecular formula is C18H23N3.